The molecule has 2 amide bonds. The average molecular weight is 512 g/mol. The fourth-order valence-corrected chi connectivity index (χ4v) is 6.16. The summed E-state index contributed by atoms with van der Waals surface area (Å²) in [6.07, 6.45) is 6.68. The van der Waals surface area contributed by atoms with Gasteiger partial charge in [-0.1, -0.05) is 42.3 Å². The maximum Gasteiger partial charge on any atom is 0.227 e. The molecule has 0 N–H and O–H groups in total. The lowest BCUT2D eigenvalue weighted by Gasteiger charge is -2.44. The monoisotopic (exact) mass is 511 g/mol. The molecule has 1 saturated heterocycles. The smallest absolute Gasteiger partial charge is 0.227 e. The van der Waals surface area contributed by atoms with Crippen molar-refractivity contribution < 1.29 is 14.0 Å². The predicted molar refractivity (Wildman–Crippen MR) is 140 cm³/mol. The van der Waals surface area contributed by atoms with Gasteiger partial charge in [-0.3, -0.25) is 14.5 Å². The van der Waals surface area contributed by atoms with Crippen LogP contribution in [0.2, 0.25) is 5.02 Å². The summed E-state index contributed by atoms with van der Waals surface area (Å²) in [7, 11) is 0. The second kappa shape index (κ2) is 10.9. The first-order valence-corrected chi connectivity index (χ1v) is 13.6. The van der Waals surface area contributed by atoms with Crippen LogP contribution in [0.3, 0.4) is 0 Å². The number of benzene rings is 2. The van der Waals surface area contributed by atoms with Crippen molar-refractivity contribution in [1.82, 2.24) is 9.80 Å². The molecule has 2 aliphatic heterocycles. The van der Waals surface area contributed by atoms with Crippen molar-refractivity contribution >= 4 is 29.1 Å². The third-order valence-corrected chi connectivity index (χ3v) is 8.42. The molecule has 7 heteroatoms. The first-order chi connectivity index (χ1) is 17.4. The van der Waals surface area contributed by atoms with Crippen molar-refractivity contribution in [2.75, 3.05) is 24.5 Å². The molecule has 3 aliphatic rings. The Kier molecular flexibility index (Phi) is 7.63. The highest BCUT2D eigenvalue weighted by atomic mass is 35.5. The van der Waals surface area contributed by atoms with Gasteiger partial charge < -0.3 is 9.80 Å². The van der Waals surface area contributed by atoms with Crippen molar-refractivity contribution in [3.63, 3.8) is 0 Å². The lowest BCUT2D eigenvalue weighted by Crippen LogP contribution is -2.53. The van der Waals surface area contributed by atoms with Gasteiger partial charge in [0, 0.05) is 61.5 Å². The zero-order valence-electron chi connectivity index (χ0n) is 21.0. The minimum atomic E-state index is -0.454. The third-order valence-electron chi connectivity index (χ3n) is 8.06. The van der Waals surface area contributed by atoms with Crippen LogP contribution in [-0.4, -0.2) is 53.3 Å². The standard InChI is InChI=1S/C29H35ClFN3O2/c1-20(35)33-15-14-23-7-4-8-24(34(23)17-21-12-13-21)19-32(18-22-6-2-3-11-28(22)33)29(36)16-25-26(30)9-5-10-27(25)31/h2-3,5-6,9-11,21,23-24H,4,7-8,12-19H2,1H3. The fraction of sp³-hybridized carbons (Fsp3) is 0.517. The number of anilines is 1. The van der Waals surface area contributed by atoms with E-state index in [-0.39, 0.29) is 34.9 Å². The average Bonchev–Trinajstić information content (AvgIpc) is 3.67. The van der Waals surface area contributed by atoms with Gasteiger partial charge in [0.25, 0.3) is 0 Å². The van der Waals surface area contributed by atoms with Crippen LogP contribution in [0.1, 0.15) is 56.6 Å². The van der Waals surface area contributed by atoms with E-state index in [0.717, 1.165) is 49.4 Å². The van der Waals surface area contributed by atoms with Crippen LogP contribution in [-0.2, 0) is 22.6 Å². The summed E-state index contributed by atoms with van der Waals surface area (Å²) in [6.45, 7) is 4.32. The van der Waals surface area contributed by atoms with Crippen molar-refractivity contribution in [2.45, 2.75) is 70.5 Å². The molecule has 0 aromatic heterocycles. The summed E-state index contributed by atoms with van der Waals surface area (Å²) >= 11 is 6.28. The number of fused-ring (bicyclic) bond motifs is 3. The molecule has 1 saturated carbocycles. The van der Waals surface area contributed by atoms with Gasteiger partial charge in [-0.05, 0) is 61.8 Å². The number of carbonyl (C=O) groups is 2. The van der Waals surface area contributed by atoms with Gasteiger partial charge in [0.2, 0.25) is 11.8 Å². The molecule has 36 heavy (non-hydrogen) atoms. The van der Waals surface area contributed by atoms with Gasteiger partial charge in [0.05, 0.1) is 6.42 Å². The summed E-state index contributed by atoms with van der Waals surface area (Å²) in [6, 6.07) is 13.1. The van der Waals surface area contributed by atoms with E-state index >= 15 is 0 Å². The maximum atomic E-state index is 14.6. The highest BCUT2D eigenvalue weighted by molar-refractivity contribution is 6.31. The summed E-state index contributed by atoms with van der Waals surface area (Å²) in [5.74, 6) is 0.156. The Morgan fingerprint density at radius 2 is 1.78 bits per heavy atom. The number of carbonyl (C=O) groups excluding carboxylic acids is 2. The van der Waals surface area contributed by atoms with Gasteiger partial charge in [-0.15, -0.1) is 0 Å². The van der Waals surface area contributed by atoms with E-state index < -0.39 is 5.82 Å². The van der Waals surface area contributed by atoms with Crippen molar-refractivity contribution in [1.29, 1.82) is 0 Å². The summed E-state index contributed by atoms with van der Waals surface area (Å²) in [5, 5.41) is 0.275. The van der Waals surface area contributed by atoms with Crippen molar-refractivity contribution in [2.24, 2.45) is 5.92 Å². The molecular formula is C29H35ClFN3O2. The molecule has 192 valence electrons. The van der Waals surface area contributed by atoms with Gasteiger partial charge in [0.15, 0.2) is 0 Å². The molecular weight excluding hydrogens is 477 g/mol. The Bertz CT molecular complexity index is 1100. The van der Waals surface area contributed by atoms with Crippen LogP contribution < -0.4 is 4.90 Å². The Hall–Kier alpha value is -2.44. The fourth-order valence-electron chi connectivity index (χ4n) is 5.93. The van der Waals surface area contributed by atoms with Crippen LogP contribution in [0.15, 0.2) is 42.5 Å². The van der Waals surface area contributed by atoms with E-state index in [1.54, 1.807) is 19.1 Å². The third kappa shape index (κ3) is 5.60. The number of piperidine rings is 1. The van der Waals surface area contributed by atoms with Crippen LogP contribution in [0, 0.1) is 11.7 Å². The van der Waals surface area contributed by atoms with Gasteiger partial charge >= 0.3 is 0 Å². The van der Waals surface area contributed by atoms with E-state index in [4.69, 9.17) is 11.6 Å². The van der Waals surface area contributed by atoms with E-state index in [2.05, 4.69) is 4.90 Å². The minimum Gasteiger partial charge on any atom is -0.336 e. The number of halogens is 2. The van der Waals surface area contributed by atoms with Crippen LogP contribution >= 0.6 is 11.6 Å². The molecule has 2 unspecified atom stereocenters. The molecule has 2 bridgehead atoms. The van der Waals surface area contributed by atoms with E-state index in [1.807, 2.05) is 34.1 Å². The van der Waals surface area contributed by atoms with Gasteiger partial charge in [-0.25, -0.2) is 4.39 Å². The number of nitrogens with zero attached hydrogens (tertiary/aromatic N) is 3. The molecule has 5 rings (SSSR count). The highest BCUT2D eigenvalue weighted by Gasteiger charge is 2.37. The molecule has 2 aromatic carbocycles. The van der Waals surface area contributed by atoms with Gasteiger partial charge in [-0.2, -0.15) is 0 Å². The number of hydrogen-bond acceptors (Lipinski definition) is 3. The number of para-hydroxylation sites is 1. The lowest BCUT2D eigenvalue weighted by molar-refractivity contribution is -0.132. The molecule has 5 nitrogen and oxygen atoms in total. The lowest BCUT2D eigenvalue weighted by atomic mass is 9.92. The van der Waals surface area contributed by atoms with Crippen LogP contribution in [0.4, 0.5) is 10.1 Å². The van der Waals surface area contributed by atoms with Gasteiger partial charge in [0.1, 0.15) is 5.82 Å². The largest absolute Gasteiger partial charge is 0.336 e. The molecule has 2 aromatic rings. The second-order valence-corrected chi connectivity index (χ2v) is 11.0. The topological polar surface area (TPSA) is 43.9 Å². The predicted octanol–water partition coefficient (Wildman–Crippen LogP) is 5.44. The van der Waals surface area contributed by atoms with Crippen molar-refractivity contribution in [3.05, 3.63) is 64.4 Å². The molecule has 0 spiro atoms. The molecule has 0 radical (unpaired) electrons. The van der Waals surface area contributed by atoms with E-state index in [9.17, 15) is 14.0 Å². The molecule has 2 atom stereocenters. The molecule has 2 heterocycles. The normalized spacial score (nSPS) is 23.1. The van der Waals surface area contributed by atoms with Crippen LogP contribution in [0.25, 0.3) is 0 Å². The zero-order valence-corrected chi connectivity index (χ0v) is 21.7. The summed E-state index contributed by atoms with van der Waals surface area (Å²) in [4.78, 5) is 32.9. The number of rotatable bonds is 4. The van der Waals surface area contributed by atoms with E-state index in [0.29, 0.717) is 25.7 Å². The first-order valence-electron chi connectivity index (χ1n) is 13.2. The minimum absolute atomic E-state index is 0.0128. The van der Waals surface area contributed by atoms with Crippen molar-refractivity contribution in [3.8, 4) is 0 Å². The SMILES string of the molecule is CC(=O)N1CCC2CCCC(CN(C(=O)Cc3c(F)cccc3Cl)Cc3ccccc31)N2CC1CC1. The Morgan fingerprint density at radius 3 is 2.53 bits per heavy atom. The van der Waals surface area contributed by atoms with E-state index in [1.165, 1.54) is 18.9 Å². The number of hydrogen-bond donors (Lipinski definition) is 0. The number of amides is 2. The maximum absolute atomic E-state index is 14.6. The Labute approximate surface area is 218 Å². The summed E-state index contributed by atoms with van der Waals surface area (Å²) < 4.78 is 14.6. The zero-order chi connectivity index (χ0) is 25.2. The molecule has 1 aliphatic carbocycles. The first kappa shape index (κ1) is 25.2. The summed E-state index contributed by atoms with van der Waals surface area (Å²) in [5.41, 5.74) is 2.04. The molecule has 2 fully saturated rings. The Morgan fingerprint density at radius 1 is 1.00 bits per heavy atom. The Balaban J connectivity index is 1.51. The highest BCUT2D eigenvalue weighted by Crippen LogP contribution is 2.36. The quantitative estimate of drug-likeness (QED) is 0.549. The second-order valence-electron chi connectivity index (χ2n) is 10.6. The van der Waals surface area contributed by atoms with Crippen LogP contribution in [0.5, 0.6) is 0 Å².